The maximum atomic E-state index is 10.4. The van der Waals surface area contributed by atoms with Crippen LogP contribution in [-0.2, 0) is 21.0 Å². The van der Waals surface area contributed by atoms with Gasteiger partial charge in [-0.25, -0.2) is 8.42 Å². The SMILES string of the molecule is COc1cc([S+](c2ccc(-c3ccccc3)cc2)c2ccccc2OC)ccc1Sc1ccc(-c2ccccc2)cc1.Cc1ccc(S(=O)(=O)[O-])cc1. The summed E-state index contributed by atoms with van der Waals surface area (Å²) < 4.78 is 43.0. The Bertz CT molecular complexity index is 2350. The van der Waals surface area contributed by atoms with Crippen LogP contribution in [0.4, 0.5) is 0 Å². The van der Waals surface area contributed by atoms with Crippen LogP contribution in [0.3, 0.4) is 0 Å². The van der Waals surface area contributed by atoms with E-state index in [-0.39, 0.29) is 4.90 Å². The van der Waals surface area contributed by atoms with E-state index in [1.807, 2.05) is 31.2 Å². The molecule has 0 heterocycles. The normalized spacial score (nSPS) is 11.5. The van der Waals surface area contributed by atoms with Gasteiger partial charge in [0.1, 0.15) is 26.8 Å². The molecule has 0 bridgehead atoms. The van der Waals surface area contributed by atoms with Crippen LogP contribution in [0, 0.1) is 6.92 Å². The molecule has 1 unspecified atom stereocenters. The second-order valence-electron chi connectivity index (χ2n) is 11.9. The number of aryl methyl sites for hydroxylation is 1. The summed E-state index contributed by atoms with van der Waals surface area (Å²) in [5, 5.41) is 0. The first-order chi connectivity index (χ1) is 25.7. The number of benzene rings is 7. The Hall–Kier alpha value is -5.25. The molecule has 0 N–H and O–H groups in total. The highest BCUT2D eigenvalue weighted by molar-refractivity contribution is 7.99. The van der Waals surface area contributed by atoms with Crippen molar-refractivity contribution >= 4 is 32.8 Å². The molecule has 0 amide bonds. The van der Waals surface area contributed by atoms with Crippen molar-refractivity contribution in [2.24, 2.45) is 0 Å². The van der Waals surface area contributed by atoms with Crippen molar-refractivity contribution in [2.75, 3.05) is 14.2 Å². The molecular weight excluding hydrogens is 717 g/mol. The minimum Gasteiger partial charge on any atom is -0.744 e. The van der Waals surface area contributed by atoms with Crippen LogP contribution in [-0.4, -0.2) is 27.2 Å². The monoisotopic (exact) mass is 754 g/mol. The van der Waals surface area contributed by atoms with E-state index >= 15 is 0 Å². The topological polar surface area (TPSA) is 75.7 Å². The molecule has 0 aromatic heterocycles. The van der Waals surface area contributed by atoms with Gasteiger partial charge in [-0.1, -0.05) is 114 Å². The second-order valence-corrected chi connectivity index (χ2v) is 16.4. The van der Waals surface area contributed by atoms with Crippen molar-refractivity contribution in [1.29, 1.82) is 0 Å². The van der Waals surface area contributed by atoms with Gasteiger partial charge in [0.15, 0.2) is 15.5 Å². The third-order valence-corrected chi connectivity index (χ3v) is 12.5. The van der Waals surface area contributed by atoms with E-state index in [0.29, 0.717) is 0 Å². The summed E-state index contributed by atoms with van der Waals surface area (Å²) in [6, 6.07) is 59.2. The van der Waals surface area contributed by atoms with Gasteiger partial charge in [-0.3, -0.25) is 0 Å². The van der Waals surface area contributed by atoms with E-state index in [9.17, 15) is 13.0 Å². The summed E-state index contributed by atoms with van der Waals surface area (Å²) in [4.78, 5) is 5.61. The average Bonchev–Trinajstić information content (AvgIpc) is 3.20. The van der Waals surface area contributed by atoms with Crippen molar-refractivity contribution in [1.82, 2.24) is 0 Å². The van der Waals surface area contributed by atoms with Crippen LogP contribution in [0.1, 0.15) is 5.56 Å². The first-order valence-electron chi connectivity index (χ1n) is 16.8. The highest BCUT2D eigenvalue weighted by Gasteiger charge is 2.33. The Labute approximate surface area is 319 Å². The molecule has 53 heavy (non-hydrogen) atoms. The van der Waals surface area contributed by atoms with Crippen molar-refractivity contribution in [3.8, 4) is 33.8 Å². The zero-order chi connectivity index (χ0) is 37.2. The van der Waals surface area contributed by atoms with Crippen molar-refractivity contribution < 1.29 is 22.4 Å². The van der Waals surface area contributed by atoms with E-state index in [4.69, 9.17) is 9.47 Å². The van der Waals surface area contributed by atoms with Gasteiger partial charge >= 0.3 is 0 Å². The Morgan fingerprint density at radius 1 is 0.528 bits per heavy atom. The lowest BCUT2D eigenvalue weighted by Gasteiger charge is -2.14. The predicted molar refractivity (Wildman–Crippen MR) is 215 cm³/mol. The highest BCUT2D eigenvalue weighted by Crippen LogP contribution is 2.42. The minimum atomic E-state index is -4.27. The first kappa shape index (κ1) is 37.5. The zero-order valence-electron chi connectivity index (χ0n) is 29.5. The molecule has 0 saturated carbocycles. The summed E-state index contributed by atoms with van der Waals surface area (Å²) in [5.74, 6) is 1.74. The van der Waals surface area contributed by atoms with E-state index < -0.39 is 21.0 Å². The van der Waals surface area contributed by atoms with Gasteiger partial charge in [0.05, 0.1) is 24.0 Å². The third-order valence-electron chi connectivity index (χ3n) is 8.36. The van der Waals surface area contributed by atoms with Crippen LogP contribution < -0.4 is 9.47 Å². The fourth-order valence-corrected chi connectivity index (χ4v) is 9.19. The van der Waals surface area contributed by atoms with Crippen LogP contribution in [0.5, 0.6) is 11.5 Å². The molecule has 1 atom stereocenters. The molecule has 7 aromatic rings. The molecule has 0 radical (unpaired) electrons. The largest absolute Gasteiger partial charge is 0.744 e. The van der Waals surface area contributed by atoms with Gasteiger partial charge in [0.2, 0.25) is 4.90 Å². The predicted octanol–water partition coefficient (Wildman–Crippen LogP) is 11.2. The fourth-order valence-electron chi connectivity index (χ4n) is 5.63. The van der Waals surface area contributed by atoms with E-state index in [0.717, 1.165) is 26.9 Å². The summed E-state index contributed by atoms with van der Waals surface area (Å²) in [6.45, 7) is 1.82. The van der Waals surface area contributed by atoms with Gasteiger partial charge in [0, 0.05) is 11.0 Å². The Kier molecular flexibility index (Phi) is 12.4. The smallest absolute Gasteiger partial charge is 0.208 e. The lowest BCUT2D eigenvalue weighted by Crippen LogP contribution is -2.07. The minimum absolute atomic E-state index is 0.178. The molecule has 7 rings (SSSR count). The number of hydrogen-bond donors (Lipinski definition) is 0. The maximum absolute atomic E-state index is 10.4. The molecule has 7 aromatic carbocycles. The summed E-state index contributed by atoms with van der Waals surface area (Å²) in [7, 11) is -1.18. The standard InChI is InChI=1S/C38H31O2S2.C7H8O3S/c1-39-35-15-9-10-16-38(35)42(33-23-19-31(20-24-33)29-13-7-4-8-14-29)34-25-26-37(36(27-34)40-2)41-32-21-17-30(18-22-32)28-11-5-3-6-12-28;1-6-2-4-7(5-3-6)11(8,9)10/h3-27H,1-2H3;2-5H,1H3,(H,8,9,10)/q+1;/p-1. The first-order valence-corrected chi connectivity index (χ1v) is 20.2. The van der Waals surface area contributed by atoms with Crippen LogP contribution in [0.2, 0.25) is 0 Å². The fraction of sp³-hybridized carbons (Fsp3) is 0.0667. The van der Waals surface area contributed by atoms with Crippen LogP contribution in [0.15, 0.2) is 205 Å². The maximum Gasteiger partial charge on any atom is 0.208 e. The quantitative estimate of drug-likeness (QED) is 0.102. The van der Waals surface area contributed by atoms with Gasteiger partial charge in [-0.15, -0.1) is 0 Å². The molecule has 5 nitrogen and oxygen atoms in total. The molecule has 0 aliphatic carbocycles. The summed E-state index contributed by atoms with van der Waals surface area (Å²) in [5.41, 5.74) is 5.77. The molecule has 0 aliphatic rings. The van der Waals surface area contributed by atoms with Crippen LogP contribution in [0.25, 0.3) is 22.3 Å². The number of ether oxygens (including phenoxy) is 2. The lowest BCUT2D eigenvalue weighted by molar-refractivity contribution is 0.403. The molecule has 0 fully saturated rings. The van der Waals surface area contributed by atoms with Gasteiger partial charge in [0.25, 0.3) is 0 Å². The molecular formula is C45H38O5S3. The van der Waals surface area contributed by atoms with E-state index in [2.05, 4.69) is 127 Å². The molecule has 0 saturated heterocycles. The Balaban J connectivity index is 0.000000376. The van der Waals surface area contributed by atoms with Gasteiger partial charge in [-0.05, 0) is 102 Å². The second kappa shape index (κ2) is 17.5. The van der Waals surface area contributed by atoms with Crippen LogP contribution >= 0.6 is 11.8 Å². The number of rotatable bonds is 10. The number of methoxy groups -OCH3 is 2. The summed E-state index contributed by atoms with van der Waals surface area (Å²) >= 11 is 1.72. The molecule has 8 heteroatoms. The zero-order valence-corrected chi connectivity index (χ0v) is 32.0. The van der Waals surface area contributed by atoms with Crippen molar-refractivity contribution in [2.45, 2.75) is 36.3 Å². The molecule has 266 valence electrons. The molecule has 0 aliphatic heterocycles. The van der Waals surface area contributed by atoms with Crippen molar-refractivity contribution in [3.05, 3.63) is 181 Å². The van der Waals surface area contributed by atoms with E-state index in [1.54, 1.807) is 38.1 Å². The Morgan fingerprint density at radius 3 is 1.57 bits per heavy atom. The highest BCUT2D eigenvalue weighted by atomic mass is 32.2. The van der Waals surface area contributed by atoms with Gasteiger partial charge in [-0.2, -0.15) is 0 Å². The van der Waals surface area contributed by atoms with Gasteiger partial charge < -0.3 is 14.0 Å². The average molecular weight is 755 g/mol. The lowest BCUT2D eigenvalue weighted by atomic mass is 10.1. The number of hydrogen-bond acceptors (Lipinski definition) is 6. The molecule has 0 spiro atoms. The summed E-state index contributed by atoms with van der Waals surface area (Å²) in [6.07, 6.45) is 0. The Morgan fingerprint density at radius 2 is 1.02 bits per heavy atom. The van der Waals surface area contributed by atoms with E-state index in [1.165, 1.54) is 49.1 Å². The van der Waals surface area contributed by atoms with Crippen molar-refractivity contribution in [3.63, 3.8) is 0 Å². The third kappa shape index (κ3) is 9.60. The number of para-hydroxylation sites is 1.